The van der Waals surface area contributed by atoms with Crippen molar-refractivity contribution >= 4 is 5.97 Å². The van der Waals surface area contributed by atoms with E-state index in [4.69, 9.17) is 4.74 Å². The lowest BCUT2D eigenvalue weighted by Gasteiger charge is -2.10. The summed E-state index contributed by atoms with van der Waals surface area (Å²) in [6.45, 7) is 6.52. The summed E-state index contributed by atoms with van der Waals surface area (Å²) in [5, 5.41) is 3.00. The number of hydrogen-bond acceptors (Lipinski definition) is 4. The van der Waals surface area contributed by atoms with Crippen molar-refractivity contribution in [3.05, 3.63) is 12.8 Å². The maximum absolute atomic E-state index is 10.9. The Bertz CT molecular complexity index is 159. The molecule has 0 aromatic carbocycles. The van der Waals surface area contributed by atoms with E-state index in [-0.39, 0.29) is 12.0 Å². The number of rotatable bonds is 7. The van der Waals surface area contributed by atoms with Crippen LogP contribution in [0.2, 0.25) is 0 Å². The number of hydrogen-bond donors (Lipinski definition) is 1. The van der Waals surface area contributed by atoms with Crippen molar-refractivity contribution in [3.8, 4) is 0 Å². The van der Waals surface area contributed by atoms with Crippen molar-refractivity contribution in [3.63, 3.8) is 0 Å². The van der Waals surface area contributed by atoms with Crippen LogP contribution in [0.25, 0.3) is 0 Å². The monoisotopic (exact) mass is 187 g/mol. The average molecular weight is 187 g/mol. The minimum absolute atomic E-state index is 0.246. The topological polar surface area (TPSA) is 47.6 Å². The fourth-order valence-electron chi connectivity index (χ4n) is 0.818. The van der Waals surface area contributed by atoms with Gasteiger partial charge in [-0.2, -0.15) is 0 Å². The molecule has 0 heterocycles. The number of ether oxygens (including phenoxy) is 2. The third-order valence-corrected chi connectivity index (χ3v) is 1.56. The van der Waals surface area contributed by atoms with Crippen LogP contribution in [0.1, 0.15) is 13.3 Å². The molecule has 76 valence electrons. The highest BCUT2D eigenvalue weighted by molar-refractivity contribution is 5.74. The van der Waals surface area contributed by atoms with E-state index in [9.17, 15) is 4.79 Å². The smallest absolute Gasteiger partial charge is 0.322 e. The van der Waals surface area contributed by atoms with Gasteiger partial charge < -0.3 is 14.8 Å². The zero-order chi connectivity index (χ0) is 10.1. The first kappa shape index (κ1) is 12.0. The number of methoxy groups -OCH3 is 1. The summed E-state index contributed by atoms with van der Waals surface area (Å²) in [5.74, 6) is -0.246. The number of nitrogens with one attached hydrogen (secondary N) is 1. The molecule has 1 unspecified atom stereocenters. The summed E-state index contributed by atoms with van der Waals surface area (Å²) < 4.78 is 9.45. The summed E-state index contributed by atoms with van der Waals surface area (Å²) in [5.41, 5.74) is 0. The molecule has 0 rings (SSSR count). The fraction of sp³-hybridized carbons (Fsp3) is 0.667. The number of carbonyl (C=O) groups is 1. The van der Waals surface area contributed by atoms with Crippen LogP contribution in [0.15, 0.2) is 12.8 Å². The SMILES string of the molecule is C=COCCCNC(C)C(=O)OC. The number of carbonyl (C=O) groups excluding carboxylic acids is 1. The summed E-state index contributed by atoms with van der Waals surface area (Å²) in [6.07, 6.45) is 2.25. The van der Waals surface area contributed by atoms with Crippen LogP contribution in [0, 0.1) is 0 Å². The Hall–Kier alpha value is -1.03. The first-order valence-electron chi connectivity index (χ1n) is 4.26. The highest BCUT2D eigenvalue weighted by atomic mass is 16.5. The van der Waals surface area contributed by atoms with Crippen molar-refractivity contribution in [2.24, 2.45) is 0 Å². The molecule has 4 nitrogen and oxygen atoms in total. The van der Waals surface area contributed by atoms with E-state index in [0.29, 0.717) is 6.61 Å². The summed E-state index contributed by atoms with van der Waals surface area (Å²) in [4.78, 5) is 10.9. The molecule has 0 aliphatic heterocycles. The van der Waals surface area contributed by atoms with E-state index in [1.807, 2.05) is 0 Å². The lowest BCUT2D eigenvalue weighted by Crippen LogP contribution is -2.35. The highest BCUT2D eigenvalue weighted by Gasteiger charge is 2.10. The minimum Gasteiger partial charge on any atom is -0.502 e. The third-order valence-electron chi connectivity index (χ3n) is 1.56. The van der Waals surface area contributed by atoms with Gasteiger partial charge in [-0.25, -0.2) is 0 Å². The first-order valence-corrected chi connectivity index (χ1v) is 4.26. The van der Waals surface area contributed by atoms with Crippen LogP contribution in [-0.2, 0) is 14.3 Å². The minimum atomic E-state index is -0.256. The second-order valence-electron chi connectivity index (χ2n) is 2.59. The van der Waals surface area contributed by atoms with Crippen LogP contribution in [-0.4, -0.2) is 32.3 Å². The van der Waals surface area contributed by atoms with Gasteiger partial charge in [0.1, 0.15) is 6.04 Å². The van der Waals surface area contributed by atoms with E-state index in [1.54, 1.807) is 6.92 Å². The lowest BCUT2D eigenvalue weighted by molar-refractivity contribution is -0.142. The zero-order valence-electron chi connectivity index (χ0n) is 8.21. The molecule has 0 fully saturated rings. The van der Waals surface area contributed by atoms with Gasteiger partial charge in [-0.15, -0.1) is 0 Å². The van der Waals surface area contributed by atoms with Crippen molar-refractivity contribution < 1.29 is 14.3 Å². The van der Waals surface area contributed by atoms with E-state index in [1.165, 1.54) is 13.4 Å². The average Bonchev–Trinajstić information content (AvgIpc) is 2.16. The van der Waals surface area contributed by atoms with Gasteiger partial charge in [0.25, 0.3) is 0 Å². The van der Waals surface area contributed by atoms with Crippen LogP contribution in [0.3, 0.4) is 0 Å². The van der Waals surface area contributed by atoms with E-state index < -0.39 is 0 Å². The molecule has 0 bridgehead atoms. The predicted molar refractivity (Wildman–Crippen MR) is 50.2 cm³/mol. The van der Waals surface area contributed by atoms with Gasteiger partial charge in [0, 0.05) is 0 Å². The van der Waals surface area contributed by atoms with Crippen LogP contribution in [0.4, 0.5) is 0 Å². The van der Waals surface area contributed by atoms with Gasteiger partial charge in [0.2, 0.25) is 0 Å². The molecule has 1 N–H and O–H groups in total. The maximum atomic E-state index is 10.9. The van der Waals surface area contributed by atoms with Crippen LogP contribution >= 0.6 is 0 Å². The Balaban J connectivity index is 3.31. The predicted octanol–water partition coefficient (Wildman–Crippen LogP) is 0.688. The Morgan fingerprint density at radius 2 is 2.38 bits per heavy atom. The highest BCUT2D eigenvalue weighted by Crippen LogP contribution is 1.87. The quantitative estimate of drug-likeness (QED) is 0.362. The molecule has 1 atom stereocenters. The van der Waals surface area contributed by atoms with Crippen molar-refractivity contribution in [2.45, 2.75) is 19.4 Å². The van der Waals surface area contributed by atoms with E-state index in [0.717, 1.165) is 13.0 Å². The van der Waals surface area contributed by atoms with Gasteiger partial charge in [-0.3, -0.25) is 4.79 Å². The molecular formula is C9H17NO3. The van der Waals surface area contributed by atoms with Crippen molar-refractivity contribution in [1.29, 1.82) is 0 Å². The molecule has 0 aliphatic rings. The Morgan fingerprint density at radius 1 is 1.69 bits per heavy atom. The molecule has 0 aliphatic carbocycles. The zero-order valence-corrected chi connectivity index (χ0v) is 8.21. The van der Waals surface area contributed by atoms with E-state index >= 15 is 0 Å². The molecule has 0 radical (unpaired) electrons. The molecular weight excluding hydrogens is 170 g/mol. The van der Waals surface area contributed by atoms with Gasteiger partial charge in [0.05, 0.1) is 20.0 Å². The lowest BCUT2D eigenvalue weighted by atomic mass is 10.3. The standard InChI is InChI=1S/C9H17NO3/c1-4-13-7-5-6-10-8(2)9(11)12-3/h4,8,10H,1,5-7H2,2-3H3. The molecule has 0 aromatic heterocycles. The molecule has 0 amide bonds. The molecule has 13 heavy (non-hydrogen) atoms. The molecule has 0 saturated carbocycles. The number of esters is 1. The Morgan fingerprint density at radius 3 is 2.92 bits per heavy atom. The summed E-state index contributed by atoms with van der Waals surface area (Å²) in [7, 11) is 1.38. The Kier molecular flexibility index (Phi) is 7.01. The summed E-state index contributed by atoms with van der Waals surface area (Å²) in [6, 6.07) is -0.256. The summed E-state index contributed by atoms with van der Waals surface area (Å²) >= 11 is 0. The second-order valence-corrected chi connectivity index (χ2v) is 2.59. The molecule has 4 heteroatoms. The fourth-order valence-corrected chi connectivity index (χ4v) is 0.818. The van der Waals surface area contributed by atoms with Crippen molar-refractivity contribution in [1.82, 2.24) is 5.32 Å². The second kappa shape index (κ2) is 7.61. The first-order chi connectivity index (χ1) is 6.22. The van der Waals surface area contributed by atoms with Gasteiger partial charge >= 0.3 is 5.97 Å². The third kappa shape index (κ3) is 6.16. The maximum Gasteiger partial charge on any atom is 0.322 e. The van der Waals surface area contributed by atoms with Crippen LogP contribution in [0.5, 0.6) is 0 Å². The Labute approximate surface area is 78.9 Å². The van der Waals surface area contributed by atoms with Gasteiger partial charge in [-0.1, -0.05) is 6.58 Å². The largest absolute Gasteiger partial charge is 0.502 e. The normalized spacial score (nSPS) is 11.8. The van der Waals surface area contributed by atoms with Crippen LogP contribution < -0.4 is 5.32 Å². The molecule has 0 aromatic rings. The van der Waals surface area contributed by atoms with Crippen molar-refractivity contribution in [2.75, 3.05) is 20.3 Å². The van der Waals surface area contributed by atoms with Gasteiger partial charge in [0.15, 0.2) is 0 Å². The molecule has 0 saturated heterocycles. The molecule has 0 spiro atoms. The van der Waals surface area contributed by atoms with Gasteiger partial charge in [-0.05, 0) is 19.9 Å². The van der Waals surface area contributed by atoms with E-state index in [2.05, 4.69) is 16.6 Å².